The molecule has 1 aliphatic rings. The van der Waals surface area contributed by atoms with Crippen molar-refractivity contribution in [2.45, 2.75) is 19.1 Å². The van der Waals surface area contributed by atoms with Crippen LogP contribution in [0.3, 0.4) is 0 Å². The number of para-hydroxylation sites is 1. The SMILES string of the molecule is CC1CN(C(=O)c2ccccc2[N+](=O)[O-])CC(CBr)O1. The van der Waals surface area contributed by atoms with Gasteiger partial charge in [0.05, 0.1) is 17.1 Å². The fourth-order valence-electron chi connectivity index (χ4n) is 2.28. The quantitative estimate of drug-likeness (QED) is 0.479. The molecular weight excluding hydrogens is 328 g/mol. The van der Waals surface area contributed by atoms with Crippen LogP contribution in [0, 0.1) is 10.1 Å². The van der Waals surface area contributed by atoms with Gasteiger partial charge < -0.3 is 9.64 Å². The zero-order valence-corrected chi connectivity index (χ0v) is 12.6. The molecule has 7 heteroatoms. The zero-order chi connectivity index (χ0) is 14.7. The van der Waals surface area contributed by atoms with Gasteiger partial charge in [-0.05, 0) is 13.0 Å². The Labute approximate surface area is 125 Å². The number of hydrogen-bond acceptors (Lipinski definition) is 4. The van der Waals surface area contributed by atoms with E-state index in [1.165, 1.54) is 12.1 Å². The topological polar surface area (TPSA) is 72.7 Å². The maximum atomic E-state index is 12.5. The van der Waals surface area contributed by atoms with Crippen LogP contribution in [0.4, 0.5) is 5.69 Å². The summed E-state index contributed by atoms with van der Waals surface area (Å²) < 4.78 is 5.65. The molecule has 0 N–H and O–H groups in total. The third-order valence-corrected chi connectivity index (χ3v) is 3.84. The molecule has 0 aromatic heterocycles. The van der Waals surface area contributed by atoms with Gasteiger partial charge in [0, 0.05) is 24.5 Å². The predicted molar refractivity (Wildman–Crippen MR) is 77.1 cm³/mol. The highest BCUT2D eigenvalue weighted by atomic mass is 79.9. The summed E-state index contributed by atoms with van der Waals surface area (Å²) >= 11 is 3.34. The van der Waals surface area contributed by atoms with Crippen molar-refractivity contribution in [3.05, 3.63) is 39.9 Å². The Kier molecular flexibility index (Phi) is 4.72. The number of amides is 1. The van der Waals surface area contributed by atoms with E-state index in [4.69, 9.17) is 4.74 Å². The molecule has 2 rings (SSSR count). The second-order valence-electron chi connectivity index (χ2n) is 4.71. The normalized spacial score (nSPS) is 22.6. The third-order valence-electron chi connectivity index (χ3n) is 3.12. The summed E-state index contributed by atoms with van der Waals surface area (Å²) in [5.74, 6) is -0.321. The number of carbonyl (C=O) groups is 1. The third kappa shape index (κ3) is 3.16. The Bertz CT molecular complexity index is 523. The molecule has 0 spiro atoms. The highest BCUT2D eigenvalue weighted by Crippen LogP contribution is 2.22. The molecule has 0 saturated carbocycles. The first-order chi connectivity index (χ1) is 9.52. The largest absolute Gasteiger partial charge is 0.371 e. The molecule has 0 radical (unpaired) electrons. The molecule has 1 heterocycles. The van der Waals surface area contributed by atoms with Gasteiger partial charge in [-0.25, -0.2) is 0 Å². The number of ether oxygens (including phenoxy) is 1. The Morgan fingerprint density at radius 3 is 2.85 bits per heavy atom. The summed E-state index contributed by atoms with van der Waals surface area (Å²) in [4.78, 5) is 24.6. The number of hydrogen-bond donors (Lipinski definition) is 0. The first kappa shape index (κ1) is 14.9. The summed E-state index contributed by atoms with van der Waals surface area (Å²) in [6.07, 6.45) is -0.177. The number of rotatable bonds is 3. The highest BCUT2D eigenvalue weighted by Gasteiger charge is 2.31. The number of nitro benzene ring substituents is 1. The minimum absolute atomic E-state index is 0.0852. The Balaban J connectivity index is 2.25. The van der Waals surface area contributed by atoms with Gasteiger partial charge in [0.2, 0.25) is 0 Å². The van der Waals surface area contributed by atoms with Gasteiger partial charge in [-0.2, -0.15) is 0 Å². The van der Waals surface area contributed by atoms with E-state index in [2.05, 4.69) is 15.9 Å². The van der Waals surface area contributed by atoms with E-state index in [1.807, 2.05) is 6.92 Å². The number of nitrogens with zero attached hydrogens (tertiary/aromatic N) is 2. The second kappa shape index (κ2) is 6.32. The second-order valence-corrected chi connectivity index (χ2v) is 5.35. The lowest BCUT2D eigenvalue weighted by molar-refractivity contribution is -0.385. The van der Waals surface area contributed by atoms with Crippen molar-refractivity contribution in [2.24, 2.45) is 0 Å². The summed E-state index contributed by atoms with van der Waals surface area (Å²) in [5.41, 5.74) is -0.0352. The van der Waals surface area contributed by atoms with Crippen LogP contribution in [-0.4, -0.2) is 46.4 Å². The van der Waals surface area contributed by atoms with Crippen molar-refractivity contribution in [3.63, 3.8) is 0 Å². The molecule has 20 heavy (non-hydrogen) atoms. The van der Waals surface area contributed by atoms with Crippen LogP contribution in [-0.2, 0) is 4.74 Å². The summed E-state index contributed by atoms with van der Waals surface area (Å²) in [5, 5.41) is 11.6. The molecule has 1 saturated heterocycles. The van der Waals surface area contributed by atoms with Gasteiger partial charge in [0.25, 0.3) is 11.6 Å². The maximum absolute atomic E-state index is 12.5. The number of carbonyl (C=O) groups excluding carboxylic acids is 1. The van der Waals surface area contributed by atoms with E-state index in [0.717, 1.165) is 0 Å². The van der Waals surface area contributed by atoms with E-state index in [9.17, 15) is 14.9 Å². The van der Waals surface area contributed by atoms with Crippen molar-refractivity contribution in [3.8, 4) is 0 Å². The first-order valence-corrected chi connectivity index (χ1v) is 7.39. The fourth-order valence-corrected chi connectivity index (χ4v) is 2.64. The molecule has 1 fully saturated rings. The van der Waals surface area contributed by atoms with Gasteiger partial charge in [-0.15, -0.1) is 0 Å². The minimum atomic E-state index is -0.529. The standard InChI is InChI=1S/C13H15BrN2O4/c1-9-7-15(8-10(6-14)20-9)13(17)11-4-2-3-5-12(11)16(18)19/h2-5,9-10H,6-8H2,1H3. The predicted octanol–water partition coefficient (Wildman–Crippen LogP) is 2.22. The van der Waals surface area contributed by atoms with Crippen LogP contribution in [0.15, 0.2) is 24.3 Å². The molecule has 1 aromatic rings. The molecule has 6 nitrogen and oxygen atoms in total. The van der Waals surface area contributed by atoms with Gasteiger partial charge in [-0.1, -0.05) is 28.1 Å². The van der Waals surface area contributed by atoms with Crippen molar-refractivity contribution < 1.29 is 14.5 Å². The van der Waals surface area contributed by atoms with Crippen LogP contribution < -0.4 is 0 Å². The average Bonchev–Trinajstić information content (AvgIpc) is 2.45. The summed E-state index contributed by atoms with van der Waals surface area (Å²) in [6.45, 7) is 2.75. The Morgan fingerprint density at radius 1 is 1.50 bits per heavy atom. The van der Waals surface area contributed by atoms with Crippen molar-refractivity contribution in [1.29, 1.82) is 0 Å². The number of alkyl halides is 1. The molecule has 108 valence electrons. The summed E-state index contributed by atoms with van der Waals surface area (Å²) in [6, 6.07) is 6.02. The molecule has 1 aromatic carbocycles. The lowest BCUT2D eigenvalue weighted by Gasteiger charge is -2.36. The van der Waals surface area contributed by atoms with E-state index in [0.29, 0.717) is 18.4 Å². The van der Waals surface area contributed by atoms with Crippen LogP contribution >= 0.6 is 15.9 Å². The Morgan fingerprint density at radius 2 is 2.20 bits per heavy atom. The van der Waals surface area contributed by atoms with Crippen LogP contribution in [0.5, 0.6) is 0 Å². The number of benzene rings is 1. The number of nitro groups is 1. The average molecular weight is 343 g/mol. The maximum Gasteiger partial charge on any atom is 0.282 e. The molecule has 2 atom stereocenters. The van der Waals surface area contributed by atoms with Gasteiger partial charge in [-0.3, -0.25) is 14.9 Å². The van der Waals surface area contributed by atoms with Crippen molar-refractivity contribution in [2.75, 3.05) is 18.4 Å². The number of morpholine rings is 1. The molecule has 1 amide bonds. The highest BCUT2D eigenvalue weighted by molar-refractivity contribution is 9.09. The first-order valence-electron chi connectivity index (χ1n) is 6.27. The van der Waals surface area contributed by atoms with Gasteiger partial charge in [0.15, 0.2) is 0 Å². The van der Waals surface area contributed by atoms with Crippen LogP contribution in [0.2, 0.25) is 0 Å². The van der Waals surface area contributed by atoms with Gasteiger partial charge >= 0.3 is 0 Å². The van der Waals surface area contributed by atoms with Gasteiger partial charge in [0.1, 0.15) is 5.56 Å². The molecular formula is C13H15BrN2O4. The monoisotopic (exact) mass is 342 g/mol. The van der Waals surface area contributed by atoms with Crippen LogP contribution in [0.25, 0.3) is 0 Å². The van der Waals surface area contributed by atoms with Crippen LogP contribution in [0.1, 0.15) is 17.3 Å². The van der Waals surface area contributed by atoms with E-state index < -0.39 is 4.92 Å². The lowest BCUT2D eigenvalue weighted by atomic mass is 10.1. The summed E-state index contributed by atoms with van der Waals surface area (Å²) in [7, 11) is 0. The zero-order valence-electron chi connectivity index (χ0n) is 11.0. The minimum Gasteiger partial charge on any atom is -0.371 e. The smallest absolute Gasteiger partial charge is 0.282 e. The molecule has 1 aliphatic heterocycles. The van der Waals surface area contributed by atoms with Crippen molar-refractivity contribution in [1.82, 2.24) is 4.90 Å². The molecule has 2 unspecified atom stereocenters. The van der Waals surface area contributed by atoms with Crippen molar-refractivity contribution >= 4 is 27.5 Å². The lowest BCUT2D eigenvalue weighted by Crippen LogP contribution is -2.49. The molecule has 0 bridgehead atoms. The Hall–Kier alpha value is -1.47. The van der Waals surface area contributed by atoms with E-state index in [1.54, 1.807) is 17.0 Å². The fraction of sp³-hybridized carbons (Fsp3) is 0.462. The number of halogens is 1. The molecule has 0 aliphatic carbocycles. The van der Waals surface area contributed by atoms with E-state index in [-0.39, 0.29) is 29.4 Å². The van der Waals surface area contributed by atoms with E-state index >= 15 is 0 Å².